The molecule has 0 spiro atoms. The molecule has 0 radical (unpaired) electrons. The summed E-state index contributed by atoms with van der Waals surface area (Å²) in [4.78, 5) is 13.0. The second kappa shape index (κ2) is 8.47. The lowest BCUT2D eigenvalue weighted by atomic mass is 9.95. The van der Waals surface area contributed by atoms with Crippen LogP contribution in [0.2, 0.25) is 0 Å². The first-order valence-corrected chi connectivity index (χ1v) is 9.43. The van der Waals surface area contributed by atoms with E-state index in [1.807, 2.05) is 60.7 Å². The van der Waals surface area contributed by atoms with E-state index in [9.17, 15) is 10.1 Å². The molecule has 2 aromatic heterocycles. The number of methoxy groups -OCH3 is 1. The van der Waals surface area contributed by atoms with Crippen molar-refractivity contribution in [3.05, 3.63) is 78.0 Å². The highest BCUT2D eigenvalue weighted by Crippen LogP contribution is 2.37. The Balaban J connectivity index is 2.01. The van der Waals surface area contributed by atoms with Crippen LogP contribution >= 0.6 is 0 Å². The molecule has 8 nitrogen and oxygen atoms in total. The molecule has 8 heteroatoms. The van der Waals surface area contributed by atoms with Crippen LogP contribution in [0.25, 0.3) is 22.4 Å². The number of esters is 1. The SMILES string of the molecule is COC(=O)c1c(Nc2c(C#N)cnn2C)nnc(-c2ccccc2)c1-c1ccccc1. The number of carbonyl (C=O) groups is 1. The van der Waals surface area contributed by atoms with E-state index < -0.39 is 5.97 Å². The highest BCUT2D eigenvalue weighted by molar-refractivity contribution is 6.05. The highest BCUT2D eigenvalue weighted by Gasteiger charge is 2.26. The number of hydrogen-bond donors (Lipinski definition) is 1. The van der Waals surface area contributed by atoms with E-state index >= 15 is 0 Å². The summed E-state index contributed by atoms with van der Waals surface area (Å²) in [6.07, 6.45) is 1.43. The first kappa shape index (κ1) is 19.8. The van der Waals surface area contributed by atoms with Gasteiger partial charge < -0.3 is 10.1 Å². The van der Waals surface area contributed by atoms with Crippen molar-refractivity contribution in [1.82, 2.24) is 20.0 Å². The first-order valence-electron chi connectivity index (χ1n) is 9.43. The quantitative estimate of drug-likeness (QED) is 0.497. The standard InChI is InChI=1S/C23H18N6O2/c1-29-22(17(13-24)14-25-29)26-21-19(23(30)31-2)18(15-9-5-3-6-10-15)20(27-28-21)16-11-7-4-8-12-16/h3-12,14H,1-2H3,(H,26,28). The zero-order valence-electron chi connectivity index (χ0n) is 16.9. The van der Waals surface area contributed by atoms with Gasteiger partial charge in [0.2, 0.25) is 0 Å². The van der Waals surface area contributed by atoms with Gasteiger partial charge in [0.25, 0.3) is 0 Å². The number of nitrogens with zero attached hydrogens (tertiary/aromatic N) is 5. The molecule has 0 fully saturated rings. The van der Waals surface area contributed by atoms with E-state index in [0.717, 1.165) is 11.1 Å². The molecule has 0 aliphatic carbocycles. The average Bonchev–Trinajstić information content (AvgIpc) is 3.18. The molecule has 4 aromatic rings. The molecule has 0 saturated carbocycles. The Morgan fingerprint density at radius 3 is 2.29 bits per heavy atom. The van der Waals surface area contributed by atoms with Crippen LogP contribution < -0.4 is 5.32 Å². The van der Waals surface area contributed by atoms with Gasteiger partial charge in [0, 0.05) is 18.2 Å². The number of aromatic nitrogens is 4. The summed E-state index contributed by atoms with van der Waals surface area (Å²) in [5, 5.41) is 25.3. The van der Waals surface area contributed by atoms with Gasteiger partial charge in [-0.25, -0.2) is 4.79 Å². The Hall–Kier alpha value is -4.51. The number of anilines is 2. The number of carbonyl (C=O) groups excluding carboxylic acids is 1. The minimum atomic E-state index is -0.575. The molecular formula is C23H18N6O2. The van der Waals surface area contributed by atoms with E-state index in [4.69, 9.17) is 4.74 Å². The normalized spacial score (nSPS) is 10.4. The predicted molar refractivity (Wildman–Crippen MR) is 115 cm³/mol. The molecule has 0 saturated heterocycles. The maximum absolute atomic E-state index is 13.0. The molecule has 2 heterocycles. The van der Waals surface area contributed by atoms with Gasteiger partial charge in [0.05, 0.1) is 13.3 Å². The molecule has 4 rings (SSSR count). The molecule has 2 aromatic carbocycles. The average molecular weight is 410 g/mol. The maximum Gasteiger partial charge on any atom is 0.342 e. The topological polar surface area (TPSA) is 106 Å². The van der Waals surface area contributed by atoms with E-state index in [-0.39, 0.29) is 11.4 Å². The molecule has 152 valence electrons. The minimum absolute atomic E-state index is 0.172. The number of nitriles is 1. The lowest BCUT2D eigenvalue weighted by Gasteiger charge is -2.17. The lowest BCUT2D eigenvalue weighted by Crippen LogP contribution is -2.13. The monoisotopic (exact) mass is 410 g/mol. The van der Waals surface area contributed by atoms with E-state index in [0.29, 0.717) is 22.6 Å². The largest absolute Gasteiger partial charge is 0.465 e. The van der Waals surface area contributed by atoms with Crippen molar-refractivity contribution < 1.29 is 9.53 Å². The maximum atomic E-state index is 13.0. The zero-order chi connectivity index (χ0) is 21.8. The van der Waals surface area contributed by atoms with Crippen molar-refractivity contribution in [3.63, 3.8) is 0 Å². The minimum Gasteiger partial charge on any atom is -0.465 e. The van der Waals surface area contributed by atoms with Gasteiger partial charge in [-0.1, -0.05) is 60.7 Å². The molecule has 0 bridgehead atoms. The summed E-state index contributed by atoms with van der Waals surface area (Å²) in [5.74, 6) is -0.00646. The van der Waals surface area contributed by atoms with Gasteiger partial charge in [-0.05, 0) is 5.56 Å². The van der Waals surface area contributed by atoms with Crippen LogP contribution in [0, 0.1) is 11.3 Å². The number of hydrogen-bond acceptors (Lipinski definition) is 7. The number of ether oxygens (including phenoxy) is 1. The third-order valence-electron chi connectivity index (χ3n) is 4.77. The summed E-state index contributed by atoms with van der Waals surface area (Å²) in [6, 6.07) is 21.0. The fourth-order valence-electron chi connectivity index (χ4n) is 3.29. The second-order valence-electron chi connectivity index (χ2n) is 6.64. The summed E-state index contributed by atoms with van der Waals surface area (Å²) in [7, 11) is 3.00. The van der Waals surface area contributed by atoms with Gasteiger partial charge in [0.15, 0.2) is 5.82 Å². The van der Waals surface area contributed by atoms with Gasteiger partial charge in [0.1, 0.15) is 28.7 Å². The van der Waals surface area contributed by atoms with Crippen LogP contribution in [0.15, 0.2) is 66.9 Å². The number of benzene rings is 2. The van der Waals surface area contributed by atoms with Crippen LogP contribution in [0.5, 0.6) is 0 Å². The van der Waals surface area contributed by atoms with Crippen molar-refractivity contribution in [1.29, 1.82) is 5.26 Å². The fraction of sp³-hybridized carbons (Fsp3) is 0.0870. The number of aryl methyl sites for hydroxylation is 1. The van der Waals surface area contributed by atoms with Crippen molar-refractivity contribution in [2.24, 2.45) is 7.05 Å². The molecule has 1 N–H and O–H groups in total. The van der Waals surface area contributed by atoms with Crippen molar-refractivity contribution in [3.8, 4) is 28.5 Å². The van der Waals surface area contributed by atoms with Crippen molar-refractivity contribution >= 4 is 17.6 Å². The Bertz CT molecular complexity index is 1280. The highest BCUT2D eigenvalue weighted by atomic mass is 16.5. The molecule has 0 aliphatic rings. The molecule has 0 atom stereocenters. The fourth-order valence-corrected chi connectivity index (χ4v) is 3.29. The first-order chi connectivity index (χ1) is 15.1. The van der Waals surface area contributed by atoms with Crippen LogP contribution in [0.1, 0.15) is 15.9 Å². The smallest absolute Gasteiger partial charge is 0.342 e. The van der Waals surface area contributed by atoms with Crippen LogP contribution in [-0.2, 0) is 11.8 Å². The van der Waals surface area contributed by atoms with Crippen molar-refractivity contribution in [2.75, 3.05) is 12.4 Å². The molecule has 0 unspecified atom stereocenters. The lowest BCUT2D eigenvalue weighted by molar-refractivity contribution is 0.0602. The molecule has 0 amide bonds. The molecule has 31 heavy (non-hydrogen) atoms. The molecule has 0 aliphatic heterocycles. The summed E-state index contributed by atoms with van der Waals surface area (Å²) in [5.41, 5.74) is 3.25. The number of nitrogens with one attached hydrogen (secondary N) is 1. The Kier molecular flexibility index (Phi) is 5.41. The predicted octanol–water partition coefficient (Wildman–Crippen LogP) is 3.95. The third kappa shape index (κ3) is 3.72. The Morgan fingerprint density at radius 1 is 1.03 bits per heavy atom. The second-order valence-corrected chi connectivity index (χ2v) is 6.64. The summed E-state index contributed by atoms with van der Waals surface area (Å²) >= 11 is 0. The van der Waals surface area contributed by atoms with E-state index in [2.05, 4.69) is 26.7 Å². The van der Waals surface area contributed by atoms with Gasteiger partial charge in [-0.15, -0.1) is 10.2 Å². The Morgan fingerprint density at radius 2 is 1.68 bits per heavy atom. The number of rotatable bonds is 5. The van der Waals surface area contributed by atoms with E-state index in [1.165, 1.54) is 18.0 Å². The van der Waals surface area contributed by atoms with Gasteiger partial charge in [-0.3, -0.25) is 4.68 Å². The van der Waals surface area contributed by atoms with E-state index in [1.54, 1.807) is 7.05 Å². The zero-order valence-corrected chi connectivity index (χ0v) is 16.9. The van der Waals surface area contributed by atoms with Gasteiger partial charge in [-0.2, -0.15) is 10.4 Å². The van der Waals surface area contributed by atoms with Crippen LogP contribution in [-0.4, -0.2) is 33.1 Å². The van der Waals surface area contributed by atoms with Crippen LogP contribution in [0.4, 0.5) is 11.6 Å². The summed E-state index contributed by atoms with van der Waals surface area (Å²) in [6.45, 7) is 0. The van der Waals surface area contributed by atoms with Crippen molar-refractivity contribution in [2.45, 2.75) is 0 Å². The molecular weight excluding hydrogens is 392 g/mol. The van der Waals surface area contributed by atoms with Gasteiger partial charge >= 0.3 is 5.97 Å². The summed E-state index contributed by atoms with van der Waals surface area (Å²) < 4.78 is 6.60. The van der Waals surface area contributed by atoms with Crippen LogP contribution in [0.3, 0.4) is 0 Å². The Labute approximate surface area is 178 Å². The third-order valence-corrected chi connectivity index (χ3v) is 4.77.